The Morgan fingerprint density at radius 3 is 2.16 bits per heavy atom. The summed E-state index contributed by atoms with van der Waals surface area (Å²) < 4.78 is 5.44. The summed E-state index contributed by atoms with van der Waals surface area (Å²) >= 11 is 0. The molecule has 1 fully saturated rings. The van der Waals surface area contributed by atoms with E-state index in [9.17, 15) is 19.5 Å². The standard InChI is InChI=1S/C35H44N4O5/c1-34(2,3)44-32(41)38-35(4,5)26-16-14-25(15-17-26)31-29(24-10-8-7-9-11-24)21-27(22-36-31)37-30(40)20-23-12-18-28(19-13-23)39(6)33(42)43/h7-11,14-17,21-23,28H,12-13,18-20H2,1-6H3,(H,37,40)(H,38,41)(H,42,43)/t23-,28-. The van der Waals surface area contributed by atoms with Crippen molar-refractivity contribution in [1.82, 2.24) is 15.2 Å². The normalized spacial score (nSPS) is 17.0. The van der Waals surface area contributed by atoms with E-state index in [0.29, 0.717) is 12.1 Å². The number of carbonyl (C=O) groups excluding carboxylic acids is 2. The summed E-state index contributed by atoms with van der Waals surface area (Å²) in [6.07, 6.45) is 3.86. The third-order valence-corrected chi connectivity index (χ3v) is 8.09. The molecule has 9 nitrogen and oxygen atoms in total. The van der Waals surface area contributed by atoms with Crippen LogP contribution in [0.4, 0.5) is 15.3 Å². The Balaban J connectivity index is 1.49. The van der Waals surface area contributed by atoms with E-state index in [1.165, 1.54) is 4.90 Å². The summed E-state index contributed by atoms with van der Waals surface area (Å²) in [5.74, 6) is 0.152. The highest BCUT2D eigenvalue weighted by Gasteiger charge is 2.28. The van der Waals surface area contributed by atoms with Crippen LogP contribution in [0.2, 0.25) is 0 Å². The molecule has 0 saturated heterocycles. The highest BCUT2D eigenvalue weighted by Crippen LogP contribution is 2.34. The van der Waals surface area contributed by atoms with Gasteiger partial charge in [0.2, 0.25) is 5.91 Å². The first-order valence-corrected chi connectivity index (χ1v) is 15.1. The van der Waals surface area contributed by atoms with Crippen molar-refractivity contribution in [2.45, 2.75) is 83.9 Å². The maximum atomic E-state index is 13.0. The van der Waals surface area contributed by atoms with Crippen molar-refractivity contribution in [2.24, 2.45) is 5.92 Å². The molecule has 4 rings (SSSR count). The van der Waals surface area contributed by atoms with E-state index in [4.69, 9.17) is 9.72 Å². The number of hydrogen-bond donors (Lipinski definition) is 3. The Kier molecular flexibility index (Phi) is 9.97. The van der Waals surface area contributed by atoms with Gasteiger partial charge in [-0.25, -0.2) is 9.59 Å². The second-order valence-corrected chi connectivity index (χ2v) is 13.1. The highest BCUT2D eigenvalue weighted by atomic mass is 16.6. The molecule has 9 heteroatoms. The fourth-order valence-corrected chi connectivity index (χ4v) is 5.64. The molecule has 0 spiro atoms. The lowest BCUT2D eigenvalue weighted by Crippen LogP contribution is -2.43. The van der Waals surface area contributed by atoms with Gasteiger partial charge in [-0.3, -0.25) is 9.78 Å². The average molecular weight is 601 g/mol. The fraction of sp³-hybridized carbons (Fsp3) is 0.429. The van der Waals surface area contributed by atoms with E-state index in [1.807, 2.05) is 95.3 Å². The number of carbonyl (C=O) groups is 3. The summed E-state index contributed by atoms with van der Waals surface area (Å²) in [4.78, 5) is 42.9. The number of pyridine rings is 1. The number of amides is 3. The second-order valence-electron chi connectivity index (χ2n) is 13.1. The molecule has 1 saturated carbocycles. The molecule has 0 atom stereocenters. The third kappa shape index (κ3) is 8.58. The quantitative estimate of drug-likeness (QED) is 0.244. The van der Waals surface area contributed by atoms with Crippen molar-refractivity contribution in [1.29, 1.82) is 0 Å². The van der Waals surface area contributed by atoms with Gasteiger partial charge < -0.3 is 25.4 Å². The molecule has 1 aliphatic rings. The number of nitrogens with one attached hydrogen (secondary N) is 2. The lowest BCUT2D eigenvalue weighted by atomic mass is 9.83. The summed E-state index contributed by atoms with van der Waals surface area (Å²) in [6.45, 7) is 9.35. The summed E-state index contributed by atoms with van der Waals surface area (Å²) in [5, 5.41) is 15.2. The largest absolute Gasteiger partial charge is 0.465 e. The Bertz CT molecular complexity index is 1460. The molecule has 3 aromatic rings. The molecule has 2 aromatic carbocycles. The van der Waals surface area contributed by atoms with E-state index >= 15 is 0 Å². The average Bonchev–Trinajstić information content (AvgIpc) is 2.96. The van der Waals surface area contributed by atoms with Gasteiger partial charge in [-0.2, -0.15) is 0 Å². The van der Waals surface area contributed by atoms with Gasteiger partial charge in [0.1, 0.15) is 5.60 Å². The minimum atomic E-state index is -0.911. The van der Waals surface area contributed by atoms with Crippen LogP contribution < -0.4 is 10.6 Å². The number of rotatable bonds is 8. The molecule has 0 unspecified atom stereocenters. The number of carboxylic acid groups (broad SMARTS) is 1. The van der Waals surface area contributed by atoms with Crippen LogP contribution in [0.5, 0.6) is 0 Å². The number of nitrogens with zero attached hydrogens (tertiary/aromatic N) is 2. The SMILES string of the molecule is CN(C(=O)O)[C@H]1CC[C@H](CC(=O)Nc2cnc(-c3ccc(C(C)(C)NC(=O)OC(C)(C)C)cc3)c(-c3ccccc3)c2)CC1. The Morgan fingerprint density at radius 1 is 0.932 bits per heavy atom. The van der Waals surface area contributed by atoms with E-state index in [2.05, 4.69) is 10.6 Å². The van der Waals surface area contributed by atoms with Gasteiger partial charge in [0.05, 0.1) is 23.1 Å². The van der Waals surface area contributed by atoms with Gasteiger partial charge in [-0.1, -0.05) is 54.6 Å². The van der Waals surface area contributed by atoms with Crippen LogP contribution in [0.1, 0.15) is 72.3 Å². The summed E-state index contributed by atoms with van der Waals surface area (Å²) in [5.41, 5.74) is 3.84. The molecule has 0 bridgehead atoms. The predicted molar refractivity (Wildman–Crippen MR) is 172 cm³/mol. The number of benzene rings is 2. The number of anilines is 1. The number of aromatic nitrogens is 1. The Hall–Kier alpha value is -4.40. The van der Waals surface area contributed by atoms with Gasteiger partial charge in [0, 0.05) is 30.6 Å². The van der Waals surface area contributed by atoms with Crippen molar-refractivity contribution in [2.75, 3.05) is 12.4 Å². The lowest BCUT2D eigenvalue weighted by molar-refractivity contribution is -0.117. The van der Waals surface area contributed by atoms with Crippen LogP contribution in [0.15, 0.2) is 66.9 Å². The van der Waals surface area contributed by atoms with Crippen molar-refractivity contribution in [3.63, 3.8) is 0 Å². The van der Waals surface area contributed by atoms with Gasteiger partial charge in [-0.15, -0.1) is 0 Å². The van der Waals surface area contributed by atoms with Crippen LogP contribution in [0.3, 0.4) is 0 Å². The molecular formula is C35H44N4O5. The van der Waals surface area contributed by atoms with Gasteiger partial charge in [-0.05, 0) is 83.4 Å². The summed E-state index contributed by atoms with van der Waals surface area (Å²) in [6, 6.07) is 19.8. The molecule has 44 heavy (non-hydrogen) atoms. The molecule has 3 amide bonds. The molecule has 1 aromatic heterocycles. The Morgan fingerprint density at radius 2 is 1.57 bits per heavy atom. The number of alkyl carbamates (subject to hydrolysis) is 1. The zero-order chi connectivity index (χ0) is 32.1. The maximum absolute atomic E-state index is 13.0. The minimum absolute atomic E-state index is 0.0124. The fourth-order valence-electron chi connectivity index (χ4n) is 5.64. The molecule has 1 aliphatic carbocycles. The lowest BCUT2D eigenvalue weighted by Gasteiger charge is -2.32. The molecule has 1 heterocycles. The molecular weight excluding hydrogens is 556 g/mol. The van der Waals surface area contributed by atoms with Crippen LogP contribution in [-0.4, -0.2) is 51.8 Å². The van der Waals surface area contributed by atoms with Crippen molar-refractivity contribution >= 4 is 23.8 Å². The second kappa shape index (κ2) is 13.5. The van der Waals surface area contributed by atoms with Gasteiger partial charge in [0.25, 0.3) is 0 Å². The zero-order valence-electron chi connectivity index (χ0n) is 26.5. The monoisotopic (exact) mass is 600 g/mol. The van der Waals surface area contributed by atoms with E-state index in [0.717, 1.165) is 53.6 Å². The molecule has 0 radical (unpaired) electrons. The first kappa shape index (κ1) is 32.5. The van der Waals surface area contributed by atoms with Crippen LogP contribution in [-0.2, 0) is 15.1 Å². The molecule has 234 valence electrons. The first-order chi connectivity index (χ1) is 20.7. The van der Waals surface area contributed by atoms with Crippen molar-refractivity contribution in [3.8, 4) is 22.4 Å². The van der Waals surface area contributed by atoms with Gasteiger partial charge in [0.15, 0.2) is 0 Å². The molecule has 3 N–H and O–H groups in total. The Labute approximate surface area is 260 Å². The third-order valence-electron chi connectivity index (χ3n) is 8.09. The highest BCUT2D eigenvalue weighted by molar-refractivity contribution is 5.93. The summed E-state index contributed by atoms with van der Waals surface area (Å²) in [7, 11) is 1.61. The first-order valence-electron chi connectivity index (χ1n) is 15.1. The van der Waals surface area contributed by atoms with Crippen LogP contribution in [0.25, 0.3) is 22.4 Å². The van der Waals surface area contributed by atoms with Crippen molar-refractivity contribution in [3.05, 3.63) is 72.4 Å². The van der Waals surface area contributed by atoms with Gasteiger partial charge >= 0.3 is 12.2 Å². The maximum Gasteiger partial charge on any atom is 0.408 e. The zero-order valence-corrected chi connectivity index (χ0v) is 26.5. The number of hydrogen-bond acceptors (Lipinski definition) is 5. The minimum Gasteiger partial charge on any atom is -0.465 e. The van der Waals surface area contributed by atoms with E-state index < -0.39 is 23.3 Å². The topological polar surface area (TPSA) is 121 Å². The van der Waals surface area contributed by atoms with Crippen LogP contribution >= 0.6 is 0 Å². The smallest absolute Gasteiger partial charge is 0.408 e. The number of ether oxygens (including phenoxy) is 1. The van der Waals surface area contributed by atoms with E-state index in [1.54, 1.807) is 13.2 Å². The van der Waals surface area contributed by atoms with Crippen LogP contribution in [0, 0.1) is 5.92 Å². The van der Waals surface area contributed by atoms with E-state index in [-0.39, 0.29) is 17.9 Å². The predicted octanol–water partition coefficient (Wildman–Crippen LogP) is 7.67. The van der Waals surface area contributed by atoms with Crippen molar-refractivity contribution < 1.29 is 24.2 Å². The molecule has 0 aliphatic heterocycles.